The van der Waals surface area contributed by atoms with E-state index in [1.165, 1.54) is 7.11 Å². The van der Waals surface area contributed by atoms with Crippen molar-refractivity contribution in [1.82, 2.24) is 4.90 Å². The summed E-state index contributed by atoms with van der Waals surface area (Å²) in [6, 6.07) is 5.15. The van der Waals surface area contributed by atoms with Crippen molar-refractivity contribution in [2.24, 2.45) is 5.73 Å². The van der Waals surface area contributed by atoms with Gasteiger partial charge in [-0.1, -0.05) is 25.3 Å². The first kappa shape index (κ1) is 18.6. The lowest BCUT2D eigenvalue weighted by molar-refractivity contribution is -0.137. The van der Waals surface area contributed by atoms with E-state index in [0.29, 0.717) is 12.3 Å². The van der Waals surface area contributed by atoms with Crippen LogP contribution in [0.1, 0.15) is 37.7 Å². The quantitative estimate of drug-likeness (QED) is 0.890. The minimum Gasteiger partial charge on any atom is -0.504 e. The maximum atomic E-state index is 12.5. The number of amides is 1. The third-order valence-electron chi connectivity index (χ3n) is 4.18. The average Bonchev–Trinajstić information content (AvgIpc) is 2.47. The Morgan fingerprint density at radius 1 is 1.36 bits per heavy atom. The maximum absolute atomic E-state index is 12.5. The Morgan fingerprint density at radius 2 is 2.00 bits per heavy atom. The molecule has 0 aromatic heterocycles. The van der Waals surface area contributed by atoms with Crippen molar-refractivity contribution in [3.05, 3.63) is 23.8 Å². The standard InChI is InChI=1S/C16H24N2O3.ClH/c1-18(15(20)16(17)8-4-3-5-9-16)11-12-6-7-14(21-2)13(19)10-12;/h6-7,10,19H,3-5,8-9,11,17H2,1-2H3;1H. The molecule has 1 aliphatic rings. The van der Waals surface area contributed by atoms with E-state index in [1.54, 1.807) is 24.1 Å². The zero-order chi connectivity index (χ0) is 15.5. The Hall–Kier alpha value is -1.46. The Balaban J connectivity index is 0.00000242. The molecular weight excluding hydrogens is 304 g/mol. The van der Waals surface area contributed by atoms with Gasteiger partial charge in [0.25, 0.3) is 0 Å². The first-order valence-corrected chi connectivity index (χ1v) is 7.36. The number of nitrogens with two attached hydrogens (primary N) is 1. The van der Waals surface area contributed by atoms with Crippen LogP contribution in [0, 0.1) is 0 Å². The molecule has 0 heterocycles. The lowest BCUT2D eigenvalue weighted by Gasteiger charge is -2.35. The fraction of sp³-hybridized carbons (Fsp3) is 0.562. The van der Waals surface area contributed by atoms with Crippen LogP contribution in [-0.2, 0) is 11.3 Å². The van der Waals surface area contributed by atoms with Crippen LogP contribution in [0.3, 0.4) is 0 Å². The number of hydrogen-bond acceptors (Lipinski definition) is 4. The molecule has 1 aliphatic carbocycles. The summed E-state index contributed by atoms with van der Waals surface area (Å²) in [5.74, 6) is 0.490. The highest BCUT2D eigenvalue weighted by Gasteiger charge is 2.37. The Kier molecular flexibility index (Phi) is 6.50. The Bertz CT molecular complexity index is 516. The molecule has 6 heteroatoms. The van der Waals surface area contributed by atoms with Gasteiger partial charge in [0.05, 0.1) is 12.6 Å². The minimum absolute atomic E-state index is 0. The number of carbonyl (C=O) groups is 1. The topological polar surface area (TPSA) is 75.8 Å². The molecule has 0 bridgehead atoms. The number of halogens is 1. The van der Waals surface area contributed by atoms with Gasteiger partial charge in [0.2, 0.25) is 5.91 Å². The van der Waals surface area contributed by atoms with Crippen LogP contribution in [-0.4, -0.2) is 35.6 Å². The van der Waals surface area contributed by atoms with Crippen molar-refractivity contribution >= 4 is 18.3 Å². The van der Waals surface area contributed by atoms with Crippen molar-refractivity contribution in [2.75, 3.05) is 14.2 Å². The monoisotopic (exact) mass is 328 g/mol. The van der Waals surface area contributed by atoms with Gasteiger partial charge in [0.1, 0.15) is 0 Å². The van der Waals surface area contributed by atoms with Crippen molar-refractivity contribution in [3.8, 4) is 11.5 Å². The number of aromatic hydroxyl groups is 1. The second-order valence-electron chi connectivity index (χ2n) is 5.88. The number of hydrogen-bond donors (Lipinski definition) is 2. The summed E-state index contributed by atoms with van der Waals surface area (Å²) in [6.07, 6.45) is 4.69. The number of ether oxygens (including phenoxy) is 1. The molecule has 3 N–H and O–H groups in total. The van der Waals surface area contributed by atoms with E-state index in [4.69, 9.17) is 10.5 Å². The summed E-state index contributed by atoms with van der Waals surface area (Å²) in [5, 5.41) is 9.79. The maximum Gasteiger partial charge on any atom is 0.242 e. The first-order valence-electron chi connectivity index (χ1n) is 7.36. The lowest BCUT2D eigenvalue weighted by Crippen LogP contribution is -2.55. The van der Waals surface area contributed by atoms with Crippen LogP contribution in [0.4, 0.5) is 0 Å². The number of rotatable bonds is 4. The van der Waals surface area contributed by atoms with E-state index in [9.17, 15) is 9.90 Å². The van der Waals surface area contributed by atoms with Crippen LogP contribution in [0.15, 0.2) is 18.2 Å². The molecule has 1 saturated carbocycles. The van der Waals surface area contributed by atoms with Crippen molar-refractivity contribution in [1.29, 1.82) is 0 Å². The molecule has 1 aromatic rings. The highest BCUT2D eigenvalue weighted by atomic mass is 35.5. The lowest BCUT2D eigenvalue weighted by atomic mass is 9.81. The number of nitrogens with zero attached hydrogens (tertiary/aromatic N) is 1. The summed E-state index contributed by atoms with van der Waals surface area (Å²) in [7, 11) is 3.26. The summed E-state index contributed by atoms with van der Waals surface area (Å²) >= 11 is 0. The molecule has 5 nitrogen and oxygen atoms in total. The molecule has 2 rings (SSSR count). The second-order valence-corrected chi connectivity index (χ2v) is 5.88. The SMILES string of the molecule is COc1ccc(CN(C)C(=O)C2(N)CCCCC2)cc1O.Cl. The summed E-state index contributed by atoms with van der Waals surface area (Å²) in [5.41, 5.74) is 6.40. The Morgan fingerprint density at radius 3 is 2.55 bits per heavy atom. The average molecular weight is 329 g/mol. The fourth-order valence-electron chi connectivity index (χ4n) is 2.96. The zero-order valence-corrected chi connectivity index (χ0v) is 14.0. The smallest absolute Gasteiger partial charge is 0.242 e. The number of benzene rings is 1. The molecule has 0 atom stereocenters. The highest BCUT2D eigenvalue weighted by Crippen LogP contribution is 2.29. The first-order chi connectivity index (χ1) is 9.96. The Labute approximate surface area is 137 Å². The van der Waals surface area contributed by atoms with Gasteiger partial charge in [-0.25, -0.2) is 0 Å². The largest absolute Gasteiger partial charge is 0.504 e. The molecule has 1 aromatic carbocycles. The molecule has 0 spiro atoms. The van der Waals surface area contributed by atoms with Crippen LogP contribution in [0.2, 0.25) is 0 Å². The molecule has 0 unspecified atom stereocenters. The van der Waals surface area contributed by atoms with E-state index in [1.807, 2.05) is 6.07 Å². The molecule has 22 heavy (non-hydrogen) atoms. The van der Waals surface area contributed by atoms with Gasteiger partial charge in [0, 0.05) is 13.6 Å². The van der Waals surface area contributed by atoms with Crippen LogP contribution >= 0.6 is 12.4 Å². The van der Waals surface area contributed by atoms with Gasteiger partial charge in [-0.2, -0.15) is 0 Å². The normalized spacial score (nSPS) is 16.5. The number of phenolic OH excluding ortho intramolecular Hbond substituents is 1. The van der Waals surface area contributed by atoms with Gasteiger partial charge in [0.15, 0.2) is 11.5 Å². The minimum atomic E-state index is -0.721. The van der Waals surface area contributed by atoms with E-state index >= 15 is 0 Å². The van der Waals surface area contributed by atoms with Crippen molar-refractivity contribution < 1.29 is 14.6 Å². The molecule has 1 amide bonds. The zero-order valence-electron chi connectivity index (χ0n) is 13.2. The van der Waals surface area contributed by atoms with Gasteiger partial charge in [-0.15, -0.1) is 12.4 Å². The van der Waals surface area contributed by atoms with Crippen LogP contribution in [0.5, 0.6) is 11.5 Å². The third-order valence-corrected chi connectivity index (χ3v) is 4.18. The fourth-order valence-corrected chi connectivity index (χ4v) is 2.96. The van der Waals surface area contributed by atoms with Gasteiger partial charge in [-0.05, 0) is 30.5 Å². The molecule has 1 fully saturated rings. The molecule has 0 radical (unpaired) electrons. The van der Waals surface area contributed by atoms with E-state index in [-0.39, 0.29) is 24.1 Å². The number of phenols is 1. The number of carbonyl (C=O) groups excluding carboxylic acids is 1. The molecule has 0 saturated heterocycles. The van der Waals surface area contributed by atoms with E-state index in [0.717, 1.165) is 37.7 Å². The van der Waals surface area contributed by atoms with Gasteiger partial charge >= 0.3 is 0 Å². The van der Waals surface area contributed by atoms with Gasteiger partial charge in [-0.3, -0.25) is 4.79 Å². The number of methoxy groups -OCH3 is 1. The van der Waals surface area contributed by atoms with E-state index in [2.05, 4.69) is 0 Å². The highest BCUT2D eigenvalue weighted by molar-refractivity contribution is 5.86. The van der Waals surface area contributed by atoms with Crippen molar-refractivity contribution in [2.45, 2.75) is 44.2 Å². The summed E-state index contributed by atoms with van der Waals surface area (Å²) < 4.78 is 5.01. The second kappa shape index (κ2) is 7.70. The van der Waals surface area contributed by atoms with Crippen LogP contribution in [0.25, 0.3) is 0 Å². The third kappa shape index (κ3) is 4.05. The molecular formula is C16H25ClN2O3. The van der Waals surface area contributed by atoms with E-state index < -0.39 is 5.54 Å². The van der Waals surface area contributed by atoms with Gasteiger partial charge < -0.3 is 20.5 Å². The summed E-state index contributed by atoms with van der Waals surface area (Å²) in [6.45, 7) is 0.426. The molecule has 0 aliphatic heterocycles. The molecule has 124 valence electrons. The predicted octanol–water partition coefficient (Wildman–Crippen LogP) is 2.44. The summed E-state index contributed by atoms with van der Waals surface area (Å²) in [4.78, 5) is 14.2. The van der Waals surface area contributed by atoms with Crippen LogP contribution < -0.4 is 10.5 Å². The number of likely N-dealkylation sites (N-methyl/N-ethyl adjacent to an activating group) is 1. The van der Waals surface area contributed by atoms with Crippen molar-refractivity contribution in [3.63, 3.8) is 0 Å². The predicted molar refractivity (Wildman–Crippen MR) is 88.4 cm³/mol.